The van der Waals surface area contributed by atoms with E-state index in [-0.39, 0.29) is 5.91 Å². The average molecular weight is 349 g/mol. The Hall–Kier alpha value is -1.55. The summed E-state index contributed by atoms with van der Waals surface area (Å²) < 4.78 is 0. The summed E-state index contributed by atoms with van der Waals surface area (Å²) in [5.41, 5.74) is 1.82. The molecule has 2 aromatic rings. The first-order valence-electron chi connectivity index (χ1n) is 7.68. The van der Waals surface area contributed by atoms with Crippen LogP contribution in [0.15, 0.2) is 48.5 Å². The van der Waals surface area contributed by atoms with Crippen LogP contribution in [-0.2, 0) is 4.79 Å². The van der Waals surface area contributed by atoms with E-state index in [2.05, 4.69) is 22.3 Å². The smallest absolute Gasteiger partial charge is 0.238 e. The Morgan fingerprint density at radius 1 is 1.13 bits per heavy atom. The molecule has 1 heterocycles. The molecule has 0 radical (unpaired) electrons. The minimum Gasteiger partial charge on any atom is -0.324 e. The predicted octanol–water partition coefficient (Wildman–Crippen LogP) is 4.77. The molecule has 1 amide bonds. The van der Waals surface area contributed by atoms with Crippen LogP contribution in [0.1, 0.15) is 24.4 Å². The number of hydrogen-bond donors (Lipinski definition) is 1. The molecule has 3 nitrogen and oxygen atoms in total. The standard InChI is InChI=1S/C18H18Cl2N2O/c19-14-8-4-9-15(18(14)20)21-17(23)12-22-11-5-10-16(22)13-6-2-1-3-7-13/h1-4,6-9,16H,5,10-12H2,(H,21,23). The molecule has 1 aliphatic heterocycles. The van der Waals surface area contributed by atoms with E-state index in [1.807, 2.05) is 18.2 Å². The van der Waals surface area contributed by atoms with Crippen molar-refractivity contribution in [2.75, 3.05) is 18.4 Å². The molecule has 0 saturated carbocycles. The number of hydrogen-bond acceptors (Lipinski definition) is 2. The van der Waals surface area contributed by atoms with E-state index in [0.29, 0.717) is 28.3 Å². The lowest BCUT2D eigenvalue weighted by Crippen LogP contribution is -2.33. The number of rotatable bonds is 4. The zero-order valence-electron chi connectivity index (χ0n) is 12.6. The lowest BCUT2D eigenvalue weighted by Gasteiger charge is -2.24. The highest BCUT2D eigenvalue weighted by Gasteiger charge is 2.27. The Labute approximate surface area is 146 Å². The number of amides is 1. The summed E-state index contributed by atoms with van der Waals surface area (Å²) in [6.45, 7) is 1.28. The Bertz CT molecular complexity index is 691. The molecule has 0 bridgehead atoms. The molecule has 1 N–H and O–H groups in total. The maximum absolute atomic E-state index is 12.4. The molecular weight excluding hydrogens is 331 g/mol. The van der Waals surface area contributed by atoms with Gasteiger partial charge >= 0.3 is 0 Å². The van der Waals surface area contributed by atoms with Crippen molar-refractivity contribution in [1.82, 2.24) is 4.90 Å². The van der Waals surface area contributed by atoms with E-state index < -0.39 is 0 Å². The monoisotopic (exact) mass is 348 g/mol. The summed E-state index contributed by atoms with van der Waals surface area (Å²) in [5, 5.41) is 3.67. The molecular formula is C18H18Cl2N2O. The number of likely N-dealkylation sites (tertiary alicyclic amines) is 1. The van der Waals surface area contributed by atoms with Gasteiger partial charge in [-0.2, -0.15) is 0 Å². The van der Waals surface area contributed by atoms with Gasteiger partial charge in [0.25, 0.3) is 0 Å². The van der Waals surface area contributed by atoms with E-state index in [1.54, 1.807) is 18.2 Å². The number of anilines is 1. The third kappa shape index (κ3) is 3.86. The summed E-state index contributed by atoms with van der Waals surface area (Å²) in [6.07, 6.45) is 2.18. The molecule has 2 aromatic carbocycles. The fourth-order valence-corrected chi connectivity index (χ4v) is 3.39. The first kappa shape index (κ1) is 16.3. The summed E-state index contributed by atoms with van der Waals surface area (Å²) in [5.74, 6) is -0.0722. The number of nitrogens with one attached hydrogen (secondary N) is 1. The lowest BCUT2D eigenvalue weighted by molar-refractivity contribution is -0.117. The lowest BCUT2D eigenvalue weighted by atomic mass is 10.0. The third-order valence-electron chi connectivity index (χ3n) is 4.12. The molecule has 1 atom stereocenters. The Morgan fingerprint density at radius 3 is 2.70 bits per heavy atom. The van der Waals surface area contributed by atoms with Crippen molar-refractivity contribution in [3.8, 4) is 0 Å². The van der Waals surface area contributed by atoms with Gasteiger partial charge in [-0.15, -0.1) is 0 Å². The molecule has 0 spiro atoms. The molecule has 1 saturated heterocycles. The van der Waals surface area contributed by atoms with Crippen molar-refractivity contribution < 1.29 is 4.79 Å². The number of carbonyl (C=O) groups excluding carboxylic acids is 1. The number of benzene rings is 2. The maximum Gasteiger partial charge on any atom is 0.238 e. The molecule has 0 aromatic heterocycles. The van der Waals surface area contributed by atoms with Crippen molar-refractivity contribution in [3.05, 3.63) is 64.1 Å². The molecule has 23 heavy (non-hydrogen) atoms. The average Bonchev–Trinajstić information content (AvgIpc) is 3.00. The van der Waals surface area contributed by atoms with E-state index >= 15 is 0 Å². The maximum atomic E-state index is 12.4. The fraction of sp³-hybridized carbons (Fsp3) is 0.278. The number of nitrogens with zero attached hydrogens (tertiary/aromatic N) is 1. The van der Waals surface area contributed by atoms with Crippen LogP contribution in [0.5, 0.6) is 0 Å². The quantitative estimate of drug-likeness (QED) is 0.862. The van der Waals surface area contributed by atoms with Crippen LogP contribution < -0.4 is 5.32 Å². The van der Waals surface area contributed by atoms with Crippen LogP contribution in [-0.4, -0.2) is 23.9 Å². The summed E-state index contributed by atoms with van der Waals surface area (Å²) in [4.78, 5) is 14.6. The fourth-order valence-electron chi connectivity index (χ4n) is 3.04. The largest absolute Gasteiger partial charge is 0.324 e. The molecule has 0 aliphatic carbocycles. The summed E-state index contributed by atoms with van der Waals surface area (Å²) in [6, 6.07) is 15.9. The summed E-state index contributed by atoms with van der Waals surface area (Å²) in [7, 11) is 0. The van der Waals surface area contributed by atoms with Gasteiger partial charge in [-0.05, 0) is 37.1 Å². The van der Waals surface area contributed by atoms with Gasteiger partial charge in [0.1, 0.15) is 0 Å². The number of halogens is 2. The predicted molar refractivity (Wildman–Crippen MR) is 95.1 cm³/mol. The molecule has 5 heteroatoms. The highest BCUT2D eigenvalue weighted by atomic mass is 35.5. The van der Waals surface area contributed by atoms with Gasteiger partial charge in [0.15, 0.2) is 0 Å². The van der Waals surface area contributed by atoms with Crippen LogP contribution in [0.4, 0.5) is 5.69 Å². The molecule has 3 rings (SSSR count). The van der Waals surface area contributed by atoms with Gasteiger partial charge in [-0.1, -0.05) is 59.6 Å². The van der Waals surface area contributed by atoms with Gasteiger partial charge < -0.3 is 5.32 Å². The second kappa shape index (κ2) is 7.35. The van der Waals surface area contributed by atoms with Crippen LogP contribution in [0, 0.1) is 0 Å². The Kier molecular flexibility index (Phi) is 5.21. The zero-order valence-corrected chi connectivity index (χ0v) is 14.1. The zero-order chi connectivity index (χ0) is 16.2. The molecule has 1 aliphatic rings. The topological polar surface area (TPSA) is 32.3 Å². The van der Waals surface area contributed by atoms with E-state index in [0.717, 1.165) is 19.4 Å². The van der Waals surface area contributed by atoms with Gasteiger partial charge in [0.2, 0.25) is 5.91 Å². The Morgan fingerprint density at radius 2 is 1.91 bits per heavy atom. The Balaban J connectivity index is 1.66. The first-order chi connectivity index (χ1) is 11.1. The van der Waals surface area contributed by atoms with Crippen molar-refractivity contribution in [2.45, 2.75) is 18.9 Å². The molecule has 1 unspecified atom stereocenters. The van der Waals surface area contributed by atoms with Crippen molar-refractivity contribution >= 4 is 34.8 Å². The second-order valence-electron chi connectivity index (χ2n) is 5.69. The second-order valence-corrected chi connectivity index (χ2v) is 6.47. The van der Waals surface area contributed by atoms with E-state index in [4.69, 9.17) is 23.2 Å². The van der Waals surface area contributed by atoms with E-state index in [9.17, 15) is 4.79 Å². The first-order valence-corrected chi connectivity index (χ1v) is 8.43. The highest BCUT2D eigenvalue weighted by Crippen LogP contribution is 2.32. The van der Waals surface area contributed by atoms with Crippen molar-refractivity contribution in [1.29, 1.82) is 0 Å². The van der Waals surface area contributed by atoms with E-state index in [1.165, 1.54) is 5.56 Å². The van der Waals surface area contributed by atoms with Crippen LogP contribution in [0.2, 0.25) is 10.0 Å². The SMILES string of the molecule is O=C(CN1CCCC1c1ccccc1)Nc1cccc(Cl)c1Cl. The van der Waals surface area contributed by atoms with Gasteiger partial charge in [0, 0.05) is 6.04 Å². The van der Waals surface area contributed by atoms with Crippen molar-refractivity contribution in [3.63, 3.8) is 0 Å². The summed E-state index contributed by atoms with van der Waals surface area (Å²) >= 11 is 12.1. The number of carbonyl (C=O) groups is 1. The van der Waals surface area contributed by atoms with Crippen LogP contribution in [0.3, 0.4) is 0 Å². The minimum absolute atomic E-state index is 0.0722. The van der Waals surface area contributed by atoms with Gasteiger partial charge in [-0.3, -0.25) is 9.69 Å². The normalized spacial score (nSPS) is 18.1. The highest BCUT2D eigenvalue weighted by molar-refractivity contribution is 6.43. The van der Waals surface area contributed by atoms with Crippen LogP contribution >= 0.6 is 23.2 Å². The van der Waals surface area contributed by atoms with Crippen LogP contribution in [0.25, 0.3) is 0 Å². The minimum atomic E-state index is -0.0722. The molecule has 1 fully saturated rings. The van der Waals surface area contributed by atoms with Gasteiger partial charge in [-0.25, -0.2) is 0 Å². The molecule has 120 valence electrons. The van der Waals surface area contributed by atoms with Crippen molar-refractivity contribution in [2.24, 2.45) is 0 Å². The van der Waals surface area contributed by atoms with Gasteiger partial charge in [0.05, 0.1) is 22.3 Å². The third-order valence-corrected chi connectivity index (χ3v) is 4.94.